The number of carbonyl (C=O) groups is 1. The van der Waals surface area contributed by atoms with E-state index >= 15 is 0 Å². The maximum Gasteiger partial charge on any atom is 0.282 e. The monoisotopic (exact) mass is 246 g/mol. The third-order valence-corrected chi connectivity index (χ3v) is 2.39. The van der Waals surface area contributed by atoms with Crippen molar-refractivity contribution >= 4 is 11.6 Å². The van der Waals surface area contributed by atoms with Gasteiger partial charge in [-0.1, -0.05) is 6.07 Å². The summed E-state index contributed by atoms with van der Waals surface area (Å²) in [5.74, 6) is 1.95. The van der Waals surface area contributed by atoms with Gasteiger partial charge in [0.05, 0.1) is 4.92 Å². The van der Waals surface area contributed by atoms with Gasteiger partial charge in [-0.3, -0.25) is 14.9 Å². The second kappa shape index (κ2) is 5.82. The lowest BCUT2D eigenvalue weighted by Gasteiger charge is -2.11. The molecule has 0 saturated carbocycles. The fraction of sp³-hybridized carbons (Fsp3) is 0.308. The molecular weight excluding hydrogens is 232 g/mol. The van der Waals surface area contributed by atoms with E-state index in [0.29, 0.717) is 6.42 Å². The van der Waals surface area contributed by atoms with Gasteiger partial charge in [-0.25, -0.2) is 0 Å². The van der Waals surface area contributed by atoms with Crippen molar-refractivity contribution in [2.45, 2.75) is 26.3 Å². The predicted molar refractivity (Wildman–Crippen MR) is 68.2 cm³/mol. The molecule has 1 N–H and O–H groups in total. The Morgan fingerprint density at radius 2 is 2.28 bits per heavy atom. The number of nitrogens with zero attached hydrogens (tertiary/aromatic N) is 1. The highest BCUT2D eigenvalue weighted by Gasteiger charge is 2.20. The SMILES string of the molecule is C#CCC(C)NC(=O)c1cc(C)ccc1[N+](=O)[O-]. The van der Waals surface area contributed by atoms with Gasteiger partial charge < -0.3 is 5.32 Å². The Morgan fingerprint density at radius 1 is 1.61 bits per heavy atom. The van der Waals surface area contributed by atoms with Crippen LogP contribution < -0.4 is 5.32 Å². The molecule has 1 amide bonds. The Hall–Kier alpha value is -2.35. The minimum atomic E-state index is -0.569. The number of aryl methyl sites for hydroxylation is 1. The number of terminal acetylenes is 1. The number of nitro groups is 1. The summed E-state index contributed by atoms with van der Waals surface area (Å²) in [6.45, 7) is 3.52. The Kier molecular flexibility index (Phi) is 4.44. The minimum absolute atomic E-state index is 0.0591. The van der Waals surface area contributed by atoms with Crippen molar-refractivity contribution in [2.75, 3.05) is 0 Å². The molecule has 1 aromatic carbocycles. The molecule has 1 atom stereocenters. The first-order chi connectivity index (χ1) is 8.45. The summed E-state index contributed by atoms with van der Waals surface area (Å²) in [7, 11) is 0. The van der Waals surface area contributed by atoms with Gasteiger partial charge in [-0.05, 0) is 25.5 Å². The quantitative estimate of drug-likeness (QED) is 0.502. The van der Waals surface area contributed by atoms with Crippen molar-refractivity contribution in [3.05, 3.63) is 39.4 Å². The van der Waals surface area contributed by atoms with E-state index in [1.807, 2.05) is 0 Å². The van der Waals surface area contributed by atoms with E-state index in [0.717, 1.165) is 5.56 Å². The highest BCUT2D eigenvalue weighted by molar-refractivity contribution is 5.98. The van der Waals surface area contributed by atoms with Crippen LogP contribution in [0.2, 0.25) is 0 Å². The number of carbonyl (C=O) groups excluding carboxylic acids is 1. The van der Waals surface area contributed by atoms with Crippen molar-refractivity contribution in [2.24, 2.45) is 0 Å². The van der Waals surface area contributed by atoms with E-state index in [4.69, 9.17) is 6.42 Å². The lowest BCUT2D eigenvalue weighted by molar-refractivity contribution is -0.385. The number of amides is 1. The first-order valence-corrected chi connectivity index (χ1v) is 5.45. The van der Waals surface area contributed by atoms with Crippen LogP contribution in [0, 0.1) is 29.4 Å². The molecule has 0 radical (unpaired) electrons. The topological polar surface area (TPSA) is 72.2 Å². The number of hydrogen-bond acceptors (Lipinski definition) is 3. The standard InChI is InChI=1S/C13H14N2O3/c1-4-5-10(3)14-13(16)11-8-9(2)6-7-12(11)15(17)18/h1,6-8,10H,5H2,2-3H3,(H,14,16). The van der Waals surface area contributed by atoms with Gasteiger partial charge in [0.15, 0.2) is 0 Å². The van der Waals surface area contributed by atoms with Crippen LogP contribution in [0.1, 0.15) is 29.3 Å². The molecule has 18 heavy (non-hydrogen) atoms. The molecule has 0 aliphatic carbocycles. The Bertz CT molecular complexity index is 517. The van der Waals surface area contributed by atoms with Crippen molar-refractivity contribution in [1.29, 1.82) is 0 Å². The maximum atomic E-state index is 11.9. The number of nitrogens with one attached hydrogen (secondary N) is 1. The number of benzene rings is 1. The zero-order chi connectivity index (χ0) is 13.7. The molecule has 1 aromatic rings. The van der Waals surface area contributed by atoms with Crippen LogP contribution in [-0.4, -0.2) is 16.9 Å². The molecule has 0 aliphatic rings. The van der Waals surface area contributed by atoms with Gasteiger partial charge in [0.2, 0.25) is 0 Å². The summed E-state index contributed by atoms with van der Waals surface area (Å²) in [4.78, 5) is 22.2. The van der Waals surface area contributed by atoms with Gasteiger partial charge in [0, 0.05) is 18.5 Å². The van der Waals surface area contributed by atoms with Gasteiger partial charge in [0.25, 0.3) is 11.6 Å². The summed E-state index contributed by atoms with van der Waals surface area (Å²) >= 11 is 0. The van der Waals surface area contributed by atoms with Crippen LogP contribution in [0.3, 0.4) is 0 Å². The molecule has 0 spiro atoms. The van der Waals surface area contributed by atoms with Gasteiger partial charge in [0.1, 0.15) is 5.56 Å². The molecule has 1 unspecified atom stereocenters. The molecule has 0 bridgehead atoms. The maximum absolute atomic E-state index is 11.9. The molecule has 1 rings (SSSR count). The van der Waals surface area contributed by atoms with Crippen LogP contribution in [-0.2, 0) is 0 Å². The van der Waals surface area contributed by atoms with Crippen LogP contribution in [0.15, 0.2) is 18.2 Å². The predicted octanol–water partition coefficient (Wildman–Crippen LogP) is 2.04. The Labute approximate surface area is 105 Å². The van der Waals surface area contributed by atoms with E-state index in [-0.39, 0.29) is 17.3 Å². The molecule has 5 heteroatoms. The second-order valence-electron chi connectivity index (χ2n) is 4.06. The van der Waals surface area contributed by atoms with Gasteiger partial charge in [-0.15, -0.1) is 12.3 Å². The zero-order valence-electron chi connectivity index (χ0n) is 10.3. The number of nitro benzene ring substituents is 1. The summed E-state index contributed by atoms with van der Waals surface area (Å²) in [5, 5.41) is 13.5. The van der Waals surface area contributed by atoms with Crippen LogP contribution >= 0.6 is 0 Å². The van der Waals surface area contributed by atoms with Crippen LogP contribution in [0.4, 0.5) is 5.69 Å². The molecule has 0 fully saturated rings. The second-order valence-corrected chi connectivity index (χ2v) is 4.06. The van der Waals surface area contributed by atoms with E-state index in [2.05, 4.69) is 11.2 Å². The molecular formula is C13H14N2O3. The zero-order valence-corrected chi connectivity index (χ0v) is 10.3. The minimum Gasteiger partial charge on any atom is -0.348 e. The Balaban J connectivity index is 3.01. The number of hydrogen-bond donors (Lipinski definition) is 1. The summed E-state index contributed by atoms with van der Waals surface area (Å²) in [6.07, 6.45) is 5.52. The summed E-state index contributed by atoms with van der Waals surface area (Å²) in [5.41, 5.74) is 0.644. The fourth-order valence-electron chi connectivity index (χ4n) is 1.52. The molecule has 0 aliphatic heterocycles. The van der Waals surface area contributed by atoms with E-state index in [1.54, 1.807) is 19.9 Å². The van der Waals surface area contributed by atoms with Crippen molar-refractivity contribution < 1.29 is 9.72 Å². The molecule has 5 nitrogen and oxygen atoms in total. The van der Waals surface area contributed by atoms with Crippen molar-refractivity contribution in [1.82, 2.24) is 5.32 Å². The van der Waals surface area contributed by atoms with E-state index in [9.17, 15) is 14.9 Å². The number of rotatable bonds is 4. The lowest BCUT2D eigenvalue weighted by atomic mass is 10.1. The van der Waals surface area contributed by atoms with Gasteiger partial charge in [-0.2, -0.15) is 0 Å². The first-order valence-electron chi connectivity index (χ1n) is 5.45. The third kappa shape index (κ3) is 3.32. The average molecular weight is 246 g/mol. The van der Waals surface area contributed by atoms with E-state index in [1.165, 1.54) is 12.1 Å². The molecule has 0 aromatic heterocycles. The van der Waals surface area contributed by atoms with E-state index < -0.39 is 10.8 Å². The third-order valence-electron chi connectivity index (χ3n) is 2.39. The first kappa shape index (κ1) is 13.7. The largest absolute Gasteiger partial charge is 0.348 e. The smallest absolute Gasteiger partial charge is 0.282 e. The lowest BCUT2D eigenvalue weighted by Crippen LogP contribution is -2.32. The fourth-order valence-corrected chi connectivity index (χ4v) is 1.52. The van der Waals surface area contributed by atoms with Crippen molar-refractivity contribution in [3.63, 3.8) is 0 Å². The van der Waals surface area contributed by atoms with Crippen LogP contribution in [0.25, 0.3) is 0 Å². The molecule has 94 valence electrons. The molecule has 0 saturated heterocycles. The average Bonchev–Trinajstić information content (AvgIpc) is 2.28. The highest BCUT2D eigenvalue weighted by atomic mass is 16.6. The summed E-state index contributed by atoms with van der Waals surface area (Å²) in [6, 6.07) is 4.20. The normalized spacial score (nSPS) is 11.4. The summed E-state index contributed by atoms with van der Waals surface area (Å²) < 4.78 is 0. The van der Waals surface area contributed by atoms with Gasteiger partial charge >= 0.3 is 0 Å². The molecule has 0 heterocycles. The highest BCUT2D eigenvalue weighted by Crippen LogP contribution is 2.19. The van der Waals surface area contributed by atoms with Crippen molar-refractivity contribution in [3.8, 4) is 12.3 Å². The Morgan fingerprint density at radius 3 is 2.83 bits per heavy atom. The van der Waals surface area contributed by atoms with Crippen LogP contribution in [0.5, 0.6) is 0 Å².